The monoisotopic (exact) mass is 392 g/mol. The lowest BCUT2D eigenvalue weighted by molar-refractivity contribution is -0.141. The van der Waals surface area contributed by atoms with Crippen LogP contribution in [0.25, 0.3) is 0 Å². The highest BCUT2D eigenvalue weighted by molar-refractivity contribution is 7.99. The van der Waals surface area contributed by atoms with Gasteiger partial charge in [-0.15, -0.1) is 0 Å². The van der Waals surface area contributed by atoms with Gasteiger partial charge in [-0.25, -0.2) is 4.79 Å². The van der Waals surface area contributed by atoms with Crippen LogP contribution in [0.15, 0.2) is 0 Å². The molecule has 0 aromatic rings. The fourth-order valence-electron chi connectivity index (χ4n) is 1.57. The molecule has 0 rings (SSSR count). The molecule has 0 heterocycles. The van der Waals surface area contributed by atoms with Gasteiger partial charge in [0.2, 0.25) is 17.7 Å². The number of hydrogen-bond donors (Lipinski definition) is 6. The predicted octanol–water partition coefficient (Wildman–Crippen LogP) is -2.27. The molecule has 0 spiro atoms. The number of carbonyl (C=O) groups excluding carboxylic acids is 3. The number of carboxylic acid groups (broad SMARTS) is 2. The molecular formula is C14H24N4O7S. The van der Waals surface area contributed by atoms with Gasteiger partial charge < -0.3 is 31.9 Å². The number of carbonyl (C=O) groups is 5. The second kappa shape index (κ2) is 12.1. The summed E-state index contributed by atoms with van der Waals surface area (Å²) < 4.78 is 0. The van der Waals surface area contributed by atoms with Gasteiger partial charge in [-0.3, -0.25) is 19.2 Å². The van der Waals surface area contributed by atoms with E-state index in [1.807, 2.05) is 0 Å². The number of hydrogen-bond acceptors (Lipinski definition) is 7. The molecule has 12 heteroatoms. The topological polar surface area (TPSA) is 188 Å². The molecule has 3 atom stereocenters. The number of aliphatic carboxylic acids is 2. The van der Waals surface area contributed by atoms with Crippen LogP contribution in [0.1, 0.15) is 20.3 Å². The lowest BCUT2D eigenvalue weighted by Crippen LogP contribution is -2.49. The highest BCUT2D eigenvalue weighted by Gasteiger charge is 2.21. The van der Waals surface area contributed by atoms with E-state index in [-0.39, 0.29) is 24.5 Å². The van der Waals surface area contributed by atoms with E-state index in [0.29, 0.717) is 0 Å². The Morgan fingerprint density at radius 2 is 1.54 bits per heavy atom. The number of nitrogens with two attached hydrogens (primary N) is 1. The smallest absolute Gasteiger partial charge is 0.327 e. The number of nitrogens with one attached hydrogen (secondary N) is 3. The minimum absolute atomic E-state index is 0.0218. The molecule has 0 fully saturated rings. The van der Waals surface area contributed by atoms with Crippen molar-refractivity contribution in [2.75, 3.05) is 18.1 Å². The van der Waals surface area contributed by atoms with Crippen molar-refractivity contribution in [2.24, 2.45) is 5.73 Å². The Morgan fingerprint density at radius 3 is 2.04 bits per heavy atom. The Balaban J connectivity index is 4.17. The van der Waals surface area contributed by atoms with Gasteiger partial charge in [0.05, 0.1) is 6.54 Å². The van der Waals surface area contributed by atoms with Gasteiger partial charge in [-0.2, -0.15) is 11.8 Å². The van der Waals surface area contributed by atoms with Crippen LogP contribution in [0.5, 0.6) is 0 Å². The lowest BCUT2D eigenvalue weighted by atomic mass is 10.2. The average Bonchev–Trinajstić information content (AvgIpc) is 2.56. The quantitative estimate of drug-likeness (QED) is 0.199. The van der Waals surface area contributed by atoms with E-state index in [1.54, 1.807) is 0 Å². The highest BCUT2D eigenvalue weighted by Crippen LogP contribution is 2.06. The van der Waals surface area contributed by atoms with E-state index in [0.717, 1.165) is 11.8 Å². The van der Waals surface area contributed by atoms with Gasteiger partial charge >= 0.3 is 11.9 Å². The average molecular weight is 392 g/mol. The third-order valence-electron chi connectivity index (χ3n) is 3.08. The molecule has 0 saturated heterocycles. The van der Waals surface area contributed by atoms with E-state index in [9.17, 15) is 24.0 Å². The van der Waals surface area contributed by atoms with Crippen LogP contribution in [-0.4, -0.2) is 76.0 Å². The van der Waals surface area contributed by atoms with Crippen molar-refractivity contribution in [3.63, 3.8) is 0 Å². The zero-order chi connectivity index (χ0) is 20.3. The zero-order valence-corrected chi connectivity index (χ0v) is 15.3. The van der Waals surface area contributed by atoms with Gasteiger partial charge in [-0.05, 0) is 13.8 Å². The molecule has 0 bridgehead atoms. The van der Waals surface area contributed by atoms with Crippen LogP contribution in [0.2, 0.25) is 0 Å². The number of rotatable bonds is 12. The Labute approximate surface area is 154 Å². The van der Waals surface area contributed by atoms with Crippen molar-refractivity contribution in [3.05, 3.63) is 0 Å². The summed E-state index contributed by atoms with van der Waals surface area (Å²) in [7, 11) is 0. The fraction of sp³-hybridized carbons (Fsp3) is 0.643. The van der Waals surface area contributed by atoms with Gasteiger partial charge in [-0.1, -0.05) is 0 Å². The summed E-state index contributed by atoms with van der Waals surface area (Å²) >= 11 is 1.15. The second-order valence-electron chi connectivity index (χ2n) is 5.35. The molecule has 0 saturated carbocycles. The summed E-state index contributed by atoms with van der Waals surface area (Å²) in [5.74, 6) is -3.73. The molecule has 0 radical (unpaired) electrons. The van der Waals surface area contributed by atoms with E-state index >= 15 is 0 Å². The number of amides is 3. The first-order chi connectivity index (χ1) is 12.1. The van der Waals surface area contributed by atoms with Crippen molar-refractivity contribution in [1.82, 2.24) is 16.0 Å². The molecule has 0 aromatic carbocycles. The molecule has 0 aliphatic rings. The SMILES string of the molecule is C[C@@H](NC(=O)[C@@H](C)NC(=O)CCSC[C@H](NC(=O)CN)C(=O)O)C(=O)O. The third-order valence-corrected chi connectivity index (χ3v) is 4.14. The first-order valence-corrected chi connectivity index (χ1v) is 8.86. The van der Waals surface area contributed by atoms with Gasteiger partial charge in [0, 0.05) is 17.9 Å². The maximum Gasteiger partial charge on any atom is 0.327 e. The van der Waals surface area contributed by atoms with Crippen LogP contribution in [0, 0.1) is 0 Å². The van der Waals surface area contributed by atoms with Crippen molar-refractivity contribution in [2.45, 2.75) is 38.4 Å². The van der Waals surface area contributed by atoms with Crippen molar-refractivity contribution in [1.29, 1.82) is 0 Å². The van der Waals surface area contributed by atoms with Crippen molar-refractivity contribution in [3.8, 4) is 0 Å². The first kappa shape index (κ1) is 23.7. The highest BCUT2D eigenvalue weighted by atomic mass is 32.2. The molecule has 7 N–H and O–H groups in total. The van der Waals surface area contributed by atoms with Gasteiger partial charge in [0.15, 0.2) is 0 Å². The summed E-state index contributed by atoms with van der Waals surface area (Å²) in [6.07, 6.45) is 0.0218. The molecule has 0 aliphatic carbocycles. The van der Waals surface area contributed by atoms with Gasteiger partial charge in [0.25, 0.3) is 0 Å². The number of carboxylic acids is 2. The molecule has 3 amide bonds. The molecule has 26 heavy (non-hydrogen) atoms. The van der Waals surface area contributed by atoms with Crippen LogP contribution in [0.4, 0.5) is 0 Å². The van der Waals surface area contributed by atoms with Crippen LogP contribution in [-0.2, 0) is 24.0 Å². The summed E-state index contributed by atoms with van der Waals surface area (Å²) in [5.41, 5.74) is 5.10. The Morgan fingerprint density at radius 1 is 0.923 bits per heavy atom. The van der Waals surface area contributed by atoms with Crippen LogP contribution in [0.3, 0.4) is 0 Å². The summed E-state index contributed by atoms with van der Waals surface area (Å²) in [6.45, 7) is 2.39. The van der Waals surface area contributed by atoms with E-state index in [1.165, 1.54) is 13.8 Å². The summed E-state index contributed by atoms with van der Waals surface area (Å²) in [4.78, 5) is 56.3. The first-order valence-electron chi connectivity index (χ1n) is 7.71. The Bertz CT molecular complexity index is 543. The molecule has 0 unspecified atom stereocenters. The molecule has 0 aromatic heterocycles. The second-order valence-corrected chi connectivity index (χ2v) is 6.49. The molecule has 148 valence electrons. The fourth-order valence-corrected chi connectivity index (χ4v) is 2.53. The zero-order valence-electron chi connectivity index (χ0n) is 14.5. The largest absolute Gasteiger partial charge is 0.480 e. The summed E-state index contributed by atoms with van der Waals surface area (Å²) in [5, 5.41) is 24.6. The van der Waals surface area contributed by atoms with Crippen LogP contribution >= 0.6 is 11.8 Å². The maximum absolute atomic E-state index is 11.8. The standard InChI is InChI=1S/C14H24N4O7S/c1-7(12(21)17-8(2)13(22)23)16-10(19)3-4-26-6-9(14(24)25)18-11(20)5-15/h7-9H,3-6,15H2,1-2H3,(H,16,19)(H,17,21)(H,18,20)(H,22,23)(H,24,25)/t7-,8-,9+/m1/s1. The van der Waals surface area contributed by atoms with Crippen LogP contribution < -0.4 is 21.7 Å². The van der Waals surface area contributed by atoms with E-state index in [4.69, 9.17) is 15.9 Å². The third kappa shape index (κ3) is 9.84. The van der Waals surface area contributed by atoms with Gasteiger partial charge in [0.1, 0.15) is 18.1 Å². The minimum Gasteiger partial charge on any atom is -0.480 e. The molecular weight excluding hydrogens is 368 g/mol. The minimum atomic E-state index is -1.21. The lowest BCUT2D eigenvalue weighted by Gasteiger charge is -2.16. The maximum atomic E-state index is 11.8. The Kier molecular flexibility index (Phi) is 11.0. The van der Waals surface area contributed by atoms with E-state index in [2.05, 4.69) is 16.0 Å². The van der Waals surface area contributed by atoms with Crippen molar-refractivity contribution >= 4 is 41.4 Å². The molecule has 0 aliphatic heterocycles. The number of thioether (sulfide) groups is 1. The van der Waals surface area contributed by atoms with Crippen molar-refractivity contribution < 1.29 is 34.2 Å². The normalized spacial score (nSPS) is 13.8. The summed E-state index contributed by atoms with van der Waals surface area (Å²) in [6, 6.07) is -3.10. The predicted molar refractivity (Wildman–Crippen MR) is 93.4 cm³/mol. The van der Waals surface area contributed by atoms with E-state index < -0.39 is 47.8 Å². The Hall–Kier alpha value is -2.34. The molecule has 11 nitrogen and oxygen atoms in total.